The van der Waals surface area contributed by atoms with E-state index < -0.39 is 0 Å². The molecule has 0 saturated heterocycles. The third kappa shape index (κ3) is 2.59. The first-order chi connectivity index (χ1) is 9.60. The van der Waals surface area contributed by atoms with Gasteiger partial charge in [0.15, 0.2) is 4.96 Å². The molecular formula is C13H17N3O3S. The van der Waals surface area contributed by atoms with E-state index in [0.717, 1.165) is 12.1 Å². The number of nitrogens with zero attached hydrogens (tertiary/aromatic N) is 3. The highest BCUT2D eigenvalue weighted by Crippen LogP contribution is 2.11. The second-order valence-electron chi connectivity index (χ2n) is 4.49. The van der Waals surface area contributed by atoms with Gasteiger partial charge < -0.3 is 10.0 Å². The number of hydrogen-bond donors (Lipinski definition) is 1. The summed E-state index contributed by atoms with van der Waals surface area (Å²) in [5, 5.41) is 10.8. The lowest BCUT2D eigenvalue weighted by Crippen LogP contribution is -2.38. The van der Waals surface area contributed by atoms with Crippen molar-refractivity contribution in [3.8, 4) is 0 Å². The zero-order chi connectivity index (χ0) is 14.7. The van der Waals surface area contributed by atoms with E-state index >= 15 is 0 Å². The molecule has 7 heteroatoms. The van der Waals surface area contributed by atoms with Crippen LogP contribution in [0.2, 0.25) is 0 Å². The van der Waals surface area contributed by atoms with Gasteiger partial charge in [0.1, 0.15) is 5.56 Å². The van der Waals surface area contributed by atoms with Crippen LogP contribution in [0.4, 0.5) is 0 Å². The molecule has 6 nitrogen and oxygen atoms in total. The van der Waals surface area contributed by atoms with E-state index in [2.05, 4.69) is 4.98 Å². The molecule has 1 amide bonds. The average molecular weight is 295 g/mol. The van der Waals surface area contributed by atoms with E-state index in [9.17, 15) is 9.59 Å². The summed E-state index contributed by atoms with van der Waals surface area (Å²) in [5.41, 5.74) is 0.463. The Morgan fingerprint density at radius 2 is 2.25 bits per heavy atom. The maximum absolute atomic E-state index is 12.4. The molecule has 0 aliphatic heterocycles. The van der Waals surface area contributed by atoms with Crippen LogP contribution in [-0.4, -0.2) is 45.0 Å². The van der Waals surface area contributed by atoms with Crippen LogP contribution >= 0.6 is 11.3 Å². The van der Waals surface area contributed by atoms with Crippen molar-refractivity contribution >= 4 is 22.2 Å². The number of hydrogen-bond acceptors (Lipinski definition) is 5. The molecule has 0 spiro atoms. The summed E-state index contributed by atoms with van der Waals surface area (Å²) < 4.78 is 1.45. The quantitative estimate of drug-likeness (QED) is 0.889. The number of aromatic nitrogens is 2. The minimum atomic E-state index is -0.376. The van der Waals surface area contributed by atoms with E-state index in [1.807, 2.05) is 12.3 Å². The first-order valence-corrected chi connectivity index (χ1v) is 7.34. The van der Waals surface area contributed by atoms with Gasteiger partial charge in [0, 0.05) is 30.4 Å². The number of rotatable bonds is 5. The predicted molar refractivity (Wildman–Crippen MR) is 77.4 cm³/mol. The smallest absolute Gasteiger partial charge is 0.271 e. The van der Waals surface area contributed by atoms with E-state index in [1.165, 1.54) is 26.8 Å². The lowest BCUT2D eigenvalue weighted by Gasteiger charge is -2.20. The van der Waals surface area contributed by atoms with Gasteiger partial charge in [-0.3, -0.25) is 14.0 Å². The van der Waals surface area contributed by atoms with Crippen molar-refractivity contribution in [3.63, 3.8) is 0 Å². The molecule has 0 aliphatic rings. The molecule has 0 fully saturated rings. The molecular weight excluding hydrogens is 278 g/mol. The summed E-state index contributed by atoms with van der Waals surface area (Å²) in [6.07, 6.45) is 2.09. The van der Waals surface area contributed by atoms with Crippen molar-refractivity contribution in [1.82, 2.24) is 14.3 Å². The Bertz CT molecular complexity index is 671. The fourth-order valence-electron chi connectivity index (χ4n) is 2.05. The molecule has 20 heavy (non-hydrogen) atoms. The molecule has 0 atom stereocenters. The van der Waals surface area contributed by atoms with Gasteiger partial charge in [-0.15, -0.1) is 11.3 Å². The van der Waals surface area contributed by atoms with Crippen LogP contribution in [-0.2, 0) is 0 Å². The van der Waals surface area contributed by atoms with Gasteiger partial charge in [0.25, 0.3) is 11.5 Å². The Hall–Kier alpha value is -1.73. The number of amides is 1. The van der Waals surface area contributed by atoms with Gasteiger partial charge in [0.2, 0.25) is 0 Å². The Morgan fingerprint density at radius 3 is 2.90 bits per heavy atom. The standard InChI is InChI=1S/C13H17N3O3S/c1-3-4-15(5-6-17)11(18)10-7-14-13-16(12(10)19)9(2)8-20-13/h7-8,17H,3-6H2,1-2H3. The molecule has 0 radical (unpaired) electrons. The Balaban J connectivity index is 2.46. The topological polar surface area (TPSA) is 74.9 Å². The van der Waals surface area contributed by atoms with Gasteiger partial charge in [0.05, 0.1) is 6.61 Å². The van der Waals surface area contributed by atoms with Gasteiger partial charge in [-0.05, 0) is 13.3 Å². The fraction of sp³-hybridized carbons (Fsp3) is 0.462. The molecule has 0 aromatic carbocycles. The summed E-state index contributed by atoms with van der Waals surface area (Å²) in [7, 11) is 0. The van der Waals surface area contributed by atoms with E-state index in [4.69, 9.17) is 5.11 Å². The number of aryl methyl sites for hydroxylation is 1. The predicted octanol–water partition coefficient (Wildman–Crippen LogP) is 0.909. The molecule has 0 aliphatic carbocycles. The molecule has 0 bridgehead atoms. The van der Waals surface area contributed by atoms with Crippen LogP contribution in [0.25, 0.3) is 4.96 Å². The van der Waals surface area contributed by atoms with Crippen molar-refractivity contribution in [3.05, 3.63) is 33.2 Å². The van der Waals surface area contributed by atoms with Crippen LogP contribution in [0, 0.1) is 6.92 Å². The van der Waals surface area contributed by atoms with Gasteiger partial charge >= 0.3 is 0 Å². The fourth-order valence-corrected chi connectivity index (χ4v) is 2.87. The Labute approximate surface area is 120 Å². The normalized spacial score (nSPS) is 10.9. The van der Waals surface area contributed by atoms with Crippen molar-refractivity contribution in [2.45, 2.75) is 20.3 Å². The van der Waals surface area contributed by atoms with Crippen molar-refractivity contribution in [1.29, 1.82) is 0 Å². The summed E-state index contributed by atoms with van der Waals surface area (Å²) in [4.78, 5) is 31.0. The summed E-state index contributed by atoms with van der Waals surface area (Å²) in [6.45, 7) is 4.34. The van der Waals surface area contributed by atoms with E-state index in [0.29, 0.717) is 11.5 Å². The third-order valence-corrected chi connectivity index (χ3v) is 3.96. The average Bonchev–Trinajstić information content (AvgIpc) is 2.81. The lowest BCUT2D eigenvalue weighted by atomic mass is 10.2. The molecule has 1 N–H and O–H groups in total. The highest BCUT2D eigenvalue weighted by atomic mass is 32.1. The monoisotopic (exact) mass is 295 g/mol. The summed E-state index contributed by atoms with van der Waals surface area (Å²) in [6, 6.07) is 0. The first kappa shape index (κ1) is 14.7. The number of carbonyl (C=O) groups is 1. The third-order valence-electron chi connectivity index (χ3n) is 3.00. The second-order valence-corrected chi connectivity index (χ2v) is 5.32. The molecule has 0 unspecified atom stereocenters. The highest BCUT2D eigenvalue weighted by molar-refractivity contribution is 7.15. The van der Waals surface area contributed by atoms with Crippen molar-refractivity contribution in [2.75, 3.05) is 19.7 Å². The number of aliphatic hydroxyl groups excluding tert-OH is 1. The molecule has 2 aromatic heterocycles. The number of thiazole rings is 1. The molecule has 0 saturated carbocycles. The van der Waals surface area contributed by atoms with E-state index in [1.54, 1.807) is 6.92 Å². The SMILES string of the molecule is CCCN(CCO)C(=O)c1cnc2scc(C)n2c1=O. The first-order valence-electron chi connectivity index (χ1n) is 6.46. The number of carbonyl (C=O) groups excluding carboxylic acids is 1. The largest absolute Gasteiger partial charge is 0.395 e. The van der Waals surface area contributed by atoms with E-state index in [-0.39, 0.29) is 30.2 Å². The Morgan fingerprint density at radius 1 is 1.50 bits per heavy atom. The molecule has 2 heterocycles. The number of aliphatic hydroxyl groups is 1. The van der Waals surface area contributed by atoms with Crippen LogP contribution in [0.5, 0.6) is 0 Å². The van der Waals surface area contributed by atoms with Crippen LogP contribution in [0.15, 0.2) is 16.4 Å². The van der Waals surface area contributed by atoms with Gasteiger partial charge in [-0.25, -0.2) is 4.98 Å². The lowest BCUT2D eigenvalue weighted by molar-refractivity contribution is 0.0719. The maximum atomic E-state index is 12.4. The zero-order valence-electron chi connectivity index (χ0n) is 11.5. The molecule has 2 rings (SSSR count). The van der Waals surface area contributed by atoms with Crippen molar-refractivity contribution < 1.29 is 9.90 Å². The minimum absolute atomic E-state index is 0.0471. The molecule has 2 aromatic rings. The highest BCUT2D eigenvalue weighted by Gasteiger charge is 2.20. The zero-order valence-corrected chi connectivity index (χ0v) is 12.3. The molecule has 108 valence electrons. The van der Waals surface area contributed by atoms with Gasteiger partial charge in [-0.2, -0.15) is 0 Å². The minimum Gasteiger partial charge on any atom is -0.395 e. The van der Waals surface area contributed by atoms with Crippen LogP contribution in [0.3, 0.4) is 0 Å². The summed E-state index contributed by atoms with van der Waals surface area (Å²) >= 11 is 1.36. The van der Waals surface area contributed by atoms with Gasteiger partial charge in [-0.1, -0.05) is 6.92 Å². The number of fused-ring (bicyclic) bond motifs is 1. The van der Waals surface area contributed by atoms with Crippen LogP contribution < -0.4 is 5.56 Å². The van der Waals surface area contributed by atoms with Crippen molar-refractivity contribution in [2.24, 2.45) is 0 Å². The maximum Gasteiger partial charge on any atom is 0.271 e. The summed E-state index contributed by atoms with van der Waals surface area (Å²) in [5.74, 6) is -0.376. The second kappa shape index (κ2) is 6.15. The Kier molecular flexibility index (Phi) is 4.51. The van der Waals surface area contributed by atoms with Crippen LogP contribution in [0.1, 0.15) is 29.4 Å².